The average Bonchev–Trinajstić information content (AvgIpc) is 2.36. The molecule has 2 nitrogen and oxygen atoms in total. The molecule has 0 aliphatic carbocycles. The number of amides is 1. The molecule has 0 unspecified atom stereocenters. The summed E-state index contributed by atoms with van der Waals surface area (Å²) in [5.74, 6) is -0.163. The van der Waals surface area contributed by atoms with E-state index in [1.807, 2.05) is 13.0 Å². The van der Waals surface area contributed by atoms with Crippen molar-refractivity contribution in [3.8, 4) is 0 Å². The number of nitrogens with one attached hydrogen (secondary N) is 1. The van der Waals surface area contributed by atoms with E-state index in [0.29, 0.717) is 16.3 Å². The van der Waals surface area contributed by atoms with Gasteiger partial charge in [0.25, 0.3) is 5.91 Å². The van der Waals surface area contributed by atoms with E-state index in [4.69, 9.17) is 11.6 Å². The first kappa shape index (κ1) is 14.6. The molecule has 0 spiro atoms. The summed E-state index contributed by atoms with van der Waals surface area (Å²) in [4.78, 5) is 12.1. The number of carbonyl (C=O) groups excluding carboxylic acids is 1. The van der Waals surface area contributed by atoms with Crippen molar-refractivity contribution in [2.45, 2.75) is 6.92 Å². The number of rotatable bonds is 2. The lowest BCUT2D eigenvalue weighted by Gasteiger charge is -2.08. The van der Waals surface area contributed by atoms with Crippen molar-refractivity contribution < 1.29 is 4.79 Å². The van der Waals surface area contributed by atoms with Crippen LogP contribution in [0.25, 0.3) is 0 Å². The summed E-state index contributed by atoms with van der Waals surface area (Å²) in [5, 5.41) is 3.45. The van der Waals surface area contributed by atoms with Crippen LogP contribution in [-0.2, 0) is 0 Å². The van der Waals surface area contributed by atoms with Gasteiger partial charge in [-0.2, -0.15) is 0 Å². The Labute approximate surface area is 133 Å². The van der Waals surface area contributed by atoms with E-state index in [2.05, 4.69) is 37.2 Å². The number of benzene rings is 2. The summed E-state index contributed by atoms with van der Waals surface area (Å²) in [5.41, 5.74) is 2.37. The second-order valence-corrected chi connectivity index (χ2v) is 6.19. The van der Waals surface area contributed by atoms with Crippen LogP contribution < -0.4 is 5.32 Å². The zero-order valence-electron chi connectivity index (χ0n) is 10.0. The molecule has 0 saturated carbocycles. The van der Waals surface area contributed by atoms with Crippen molar-refractivity contribution in [3.05, 3.63) is 61.5 Å². The van der Waals surface area contributed by atoms with Gasteiger partial charge in [-0.25, -0.2) is 0 Å². The third-order valence-electron chi connectivity index (χ3n) is 2.61. The highest BCUT2D eigenvalue weighted by Gasteiger charge is 2.09. The van der Waals surface area contributed by atoms with Crippen LogP contribution in [0.3, 0.4) is 0 Å². The molecule has 0 aromatic heterocycles. The first-order valence-corrected chi connectivity index (χ1v) is 7.46. The predicted molar refractivity (Wildman–Crippen MR) is 86.0 cm³/mol. The van der Waals surface area contributed by atoms with Gasteiger partial charge in [-0.15, -0.1) is 0 Å². The van der Waals surface area contributed by atoms with Gasteiger partial charge in [0.2, 0.25) is 0 Å². The smallest absolute Gasteiger partial charge is 0.255 e. The van der Waals surface area contributed by atoms with Gasteiger partial charge in [0.1, 0.15) is 0 Å². The summed E-state index contributed by atoms with van der Waals surface area (Å²) in [6.45, 7) is 1.97. The maximum atomic E-state index is 12.1. The molecule has 1 amide bonds. The van der Waals surface area contributed by atoms with Crippen LogP contribution in [0.5, 0.6) is 0 Å². The van der Waals surface area contributed by atoms with E-state index in [1.165, 1.54) is 0 Å². The first-order chi connectivity index (χ1) is 8.97. The predicted octanol–water partition coefficient (Wildman–Crippen LogP) is 5.43. The maximum Gasteiger partial charge on any atom is 0.255 e. The molecule has 0 atom stereocenters. The number of anilines is 1. The molecule has 0 fully saturated rings. The highest BCUT2D eigenvalue weighted by Crippen LogP contribution is 2.26. The maximum absolute atomic E-state index is 12.1. The van der Waals surface area contributed by atoms with Gasteiger partial charge in [0, 0.05) is 19.5 Å². The lowest BCUT2D eigenvalue weighted by Crippen LogP contribution is -2.12. The van der Waals surface area contributed by atoms with E-state index in [9.17, 15) is 4.79 Å². The lowest BCUT2D eigenvalue weighted by molar-refractivity contribution is 0.102. The van der Waals surface area contributed by atoms with Crippen molar-refractivity contribution in [2.24, 2.45) is 0 Å². The lowest BCUT2D eigenvalue weighted by atomic mass is 10.1. The molecule has 0 saturated heterocycles. The van der Waals surface area contributed by atoms with Crippen molar-refractivity contribution in [3.63, 3.8) is 0 Å². The summed E-state index contributed by atoms with van der Waals surface area (Å²) >= 11 is 12.6. The van der Waals surface area contributed by atoms with Gasteiger partial charge in [0.05, 0.1) is 5.69 Å². The molecule has 5 heteroatoms. The summed E-state index contributed by atoms with van der Waals surface area (Å²) in [7, 11) is 0. The first-order valence-electron chi connectivity index (χ1n) is 5.50. The Morgan fingerprint density at radius 1 is 1.11 bits per heavy atom. The average molecular weight is 404 g/mol. The third kappa shape index (κ3) is 3.59. The molecule has 19 heavy (non-hydrogen) atoms. The second-order valence-electron chi connectivity index (χ2n) is 4.04. The molecule has 0 aliphatic rings. The SMILES string of the molecule is Cc1ccc(C(=O)Nc2ccc(Cl)cc2Br)cc1Br. The Hall–Kier alpha value is -0.840. The number of halogens is 3. The minimum Gasteiger partial charge on any atom is -0.321 e. The van der Waals surface area contributed by atoms with Crippen molar-refractivity contribution >= 4 is 55.1 Å². The summed E-state index contributed by atoms with van der Waals surface area (Å²) < 4.78 is 1.66. The molecule has 98 valence electrons. The molecule has 2 rings (SSSR count). The van der Waals surface area contributed by atoms with Crippen LogP contribution in [0.4, 0.5) is 5.69 Å². The second kappa shape index (κ2) is 6.07. The van der Waals surface area contributed by atoms with Gasteiger partial charge in [-0.05, 0) is 58.7 Å². The number of aryl methyl sites for hydroxylation is 1. The molecular weight excluding hydrogens is 393 g/mol. The highest BCUT2D eigenvalue weighted by atomic mass is 79.9. The van der Waals surface area contributed by atoms with Crippen LogP contribution in [0.1, 0.15) is 15.9 Å². The Bertz CT molecular complexity index is 643. The molecule has 0 radical (unpaired) electrons. The van der Waals surface area contributed by atoms with Crippen LogP contribution in [0.15, 0.2) is 45.3 Å². The number of carbonyl (C=O) groups is 1. The van der Waals surface area contributed by atoms with E-state index < -0.39 is 0 Å². The van der Waals surface area contributed by atoms with Gasteiger partial charge in [-0.1, -0.05) is 33.6 Å². The van der Waals surface area contributed by atoms with Crippen molar-refractivity contribution in [1.82, 2.24) is 0 Å². The zero-order valence-corrected chi connectivity index (χ0v) is 13.9. The Balaban J connectivity index is 2.23. The van der Waals surface area contributed by atoms with Gasteiger partial charge in [0.15, 0.2) is 0 Å². The van der Waals surface area contributed by atoms with Crippen molar-refractivity contribution in [2.75, 3.05) is 5.32 Å². The minimum absolute atomic E-state index is 0.163. The molecule has 2 aromatic carbocycles. The third-order valence-corrected chi connectivity index (χ3v) is 4.36. The van der Waals surface area contributed by atoms with Gasteiger partial charge < -0.3 is 5.32 Å². The van der Waals surface area contributed by atoms with E-state index in [0.717, 1.165) is 14.5 Å². The minimum atomic E-state index is -0.163. The highest BCUT2D eigenvalue weighted by molar-refractivity contribution is 9.10. The van der Waals surface area contributed by atoms with Crippen molar-refractivity contribution in [1.29, 1.82) is 0 Å². The zero-order chi connectivity index (χ0) is 14.0. The monoisotopic (exact) mass is 401 g/mol. The standard InChI is InChI=1S/C14H10Br2ClNO/c1-8-2-3-9(6-11(8)15)14(19)18-13-5-4-10(17)7-12(13)16/h2-7H,1H3,(H,18,19). The normalized spacial score (nSPS) is 10.3. The number of hydrogen-bond acceptors (Lipinski definition) is 1. The summed E-state index contributed by atoms with van der Waals surface area (Å²) in [6.07, 6.45) is 0. The quantitative estimate of drug-likeness (QED) is 0.712. The van der Waals surface area contributed by atoms with Crippen LogP contribution in [0.2, 0.25) is 5.02 Å². The van der Waals surface area contributed by atoms with E-state index in [1.54, 1.807) is 30.3 Å². The molecule has 2 aromatic rings. The van der Waals surface area contributed by atoms with Crippen LogP contribution in [-0.4, -0.2) is 5.91 Å². The Kier molecular flexibility index (Phi) is 4.66. The molecular formula is C14H10Br2ClNO. The Morgan fingerprint density at radius 2 is 1.84 bits per heavy atom. The van der Waals surface area contributed by atoms with E-state index >= 15 is 0 Å². The van der Waals surface area contributed by atoms with Crippen LogP contribution >= 0.6 is 43.5 Å². The molecule has 0 aliphatic heterocycles. The topological polar surface area (TPSA) is 29.1 Å². The van der Waals surface area contributed by atoms with Gasteiger partial charge in [-0.3, -0.25) is 4.79 Å². The summed E-state index contributed by atoms with van der Waals surface area (Å²) in [6, 6.07) is 10.7. The Morgan fingerprint density at radius 3 is 2.47 bits per heavy atom. The molecule has 0 heterocycles. The number of hydrogen-bond donors (Lipinski definition) is 1. The fourth-order valence-corrected chi connectivity index (χ4v) is 2.68. The van der Waals surface area contributed by atoms with Gasteiger partial charge >= 0.3 is 0 Å². The molecule has 1 N–H and O–H groups in total. The largest absolute Gasteiger partial charge is 0.321 e. The molecule has 0 bridgehead atoms. The fraction of sp³-hybridized carbons (Fsp3) is 0.0714. The fourth-order valence-electron chi connectivity index (χ4n) is 1.52. The van der Waals surface area contributed by atoms with Crippen LogP contribution in [0, 0.1) is 6.92 Å². The van der Waals surface area contributed by atoms with E-state index in [-0.39, 0.29) is 5.91 Å².